The van der Waals surface area contributed by atoms with E-state index in [-0.39, 0.29) is 23.6 Å². The lowest BCUT2D eigenvalue weighted by Gasteiger charge is -2.24. The number of halogens is 1. The third kappa shape index (κ3) is 3.87. The largest absolute Gasteiger partial charge is 0.294 e. The number of Topliss-reactive ketones (excluding diaryl/α,β-unsaturated/α-hetero) is 1. The lowest BCUT2D eigenvalue weighted by Crippen LogP contribution is -2.29. The second kappa shape index (κ2) is 6.56. The lowest BCUT2D eigenvalue weighted by atomic mass is 9.82. The Morgan fingerprint density at radius 3 is 2.72 bits per heavy atom. The number of amides is 1. The first-order valence-electron chi connectivity index (χ1n) is 8.20. The Bertz CT molecular complexity index is 843. The molecule has 6 heteroatoms. The van der Waals surface area contributed by atoms with E-state index in [1.165, 1.54) is 6.20 Å². The summed E-state index contributed by atoms with van der Waals surface area (Å²) in [5.41, 5.74) is 1.68. The van der Waals surface area contributed by atoms with Crippen molar-refractivity contribution in [3.63, 3.8) is 0 Å². The Morgan fingerprint density at radius 1 is 1.28 bits per heavy atom. The fourth-order valence-electron chi connectivity index (χ4n) is 2.79. The third-order valence-electron chi connectivity index (χ3n) is 4.27. The van der Waals surface area contributed by atoms with E-state index in [0.29, 0.717) is 29.1 Å². The number of benzene rings is 1. The highest BCUT2D eigenvalue weighted by Crippen LogP contribution is 2.33. The Balaban J connectivity index is 1.87. The number of nitrogens with zero attached hydrogens (tertiary/aromatic N) is 2. The molecule has 0 saturated heterocycles. The van der Waals surface area contributed by atoms with E-state index in [4.69, 9.17) is 11.6 Å². The molecule has 130 valence electrons. The van der Waals surface area contributed by atoms with Gasteiger partial charge in [-0.25, -0.2) is 9.97 Å². The maximum absolute atomic E-state index is 12.4. The van der Waals surface area contributed by atoms with Gasteiger partial charge in [0.05, 0.1) is 11.3 Å². The lowest BCUT2D eigenvalue weighted by molar-refractivity contribution is -0.123. The zero-order valence-corrected chi connectivity index (χ0v) is 15.2. The highest BCUT2D eigenvalue weighted by Gasteiger charge is 2.29. The van der Waals surface area contributed by atoms with Gasteiger partial charge in [-0.05, 0) is 30.0 Å². The number of anilines is 1. The number of fused-ring (bicyclic) bond motifs is 1. The molecule has 1 amide bonds. The molecule has 3 rings (SSSR count). The van der Waals surface area contributed by atoms with Crippen LogP contribution in [0.5, 0.6) is 0 Å². The minimum Gasteiger partial charge on any atom is -0.294 e. The number of rotatable bonds is 2. The van der Waals surface area contributed by atoms with Crippen LogP contribution in [0.3, 0.4) is 0 Å². The number of ketones is 1. The molecule has 0 fully saturated rings. The number of carbonyl (C=O) groups is 2. The molecule has 0 spiro atoms. The Hall–Kier alpha value is -2.27. The molecular formula is C19H20ClN3O2. The van der Waals surface area contributed by atoms with Crippen molar-refractivity contribution in [3.8, 4) is 0 Å². The van der Waals surface area contributed by atoms with Crippen LogP contribution < -0.4 is 5.32 Å². The van der Waals surface area contributed by atoms with E-state index < -0.39 is 5.41 Å². The second-order valence-electron chi connectivity index (χ2n) is 7.34. The van der Waals surface area contributed by atoms with Crippen molar-refractivity contribution >= 4 is 29.2 Å². The molecule has 1 heterocycles. The number of nitrogens with one attached hydrogen (secondary N) is 1. The molecule has 1 aromatic carbocycles. The van der Waals surface area contributed by atoms with Gasteiger partial charge in [-0.2, -0.15) is 0 Å². The molecule has 0 saturated carbocycles. The number of aromatic nitrogens is 2. The quantitative estimate of drug-likeness (QED) is 0.880. The minimum atomic E-state index is -0.543. The van der Waals surface area contributed by atoms with Crippen molar-refractivity contribution < 1.29 is 9.59 Å². The Morgan fingerprint density at radius 2 is 2.04 bits per heavy atom. The first-order chi connectivity index (χ1) is 11.7. The molecule has 1 unspecified atom stereocenters. The predicted octanol–water partition coefficient (Wildman–Crippen LogP) is 4.03. The van der Waals surface area contributed by atoms with Crippen LogP contribution in [0.15, 0.2) is 30.5 Å². The van der Waals surface area contributed by atoms with E-state index in [1.54, 1.807) is 0 Å². The molecule has 25 heavy (non-hydrogen) atoms. The van der Waals surface area contributed by atoms with Crippen molar-refractivity contribution in [2.75, 3.05) is 5.32 Å². The van der Waals surface area contributed by atoms with E-state index in [9.17, 15) is 9.59 Å². The van der Waals surface area contributed by atoms with E-state index in [0.717, 1.165) is 5.56 Å². The van der Waals surface area contributed by atoms with Gasteiger partial charge in [0.2, 0.25) is 11.9 Å². The summed E-state index contributed by atoms with van der Waals surface area (Å²) in [5, 5.41) is 3.37. The molecule has 1 aliphatic carbocycles. The van der Waals surface area contributed by atoms with Crippen LogP contribution in [0.4, 0.5) is 5.95 Å². The maximum atomic E-state index is 12.4. The first-order valence-corrected chi connectivity index (χ1v) is 8.58. The van der Waals surface area contributed by atoms with Crippen LogP contribution >= 0.6 is 11.6 Å². The van der Waals surface area contributed by atoms with Gasteiger partial charge < -0.3 is 0 Å². The Kier molecular flexibility index (Phi) is 4.60. The summed E-state index contributed by atoms with van der Waals surface area (Å²) < 4.78 is 0. The van der Waals surface area contributed by atoms with Gasteiger partial charge in [-0.15, -0.1) is 0 Å². The van der Waals surface area contributed by atoms with E-state index in [2.05, 4.69) is 15.3 Å². The summed E-state index contributed by atoms with van der Waals surface area (Å²) in [6.45, 7) is 5.46. The van der Waals surface area contributed by atoms with Crippen LogP contribution in [0, 0.1) is 5.41 Å². The topological polar surface area (TPSA) is 72.0 Å². The summed E-state index contributed by atoms with van der Waals surface area (Å²) in [5.74, 6) is 0.110. The molecule has 0 bridgehead atoms. The molecule has 5 nitrogen and oxygen atoms in total. The normalized spacial score (nSPS) is 17.1. The predicted molar refractivity (Wildman–Crippen MR) is 97.0 cm³/mol. The first kappa shape index (κ1) is 17.5. The maximum Gasteiger partial charge on any atom is 0.232 e. The summed E-state index contributed by atoms with van der Waals surface area (Å²) >= 11 is 6.07. The zero-order valence-electron chi connectivity index (χ0n) is 14.5. The standard InChI is InChI=1S/C19H20ClN3O2/c1-19(2,3)17(25)23-18-21-10-14-15(22-18)8-12(9-16(14)24)11-5-4-6-13(20)7-11/h4-7,10,12H,8-9H2,1-3H3,(H,21,22,23,25). The second-order valence-corrected chi connectivity index (χ2v) is 7.78. The minimum absolute atomic E-state index is 0.0138. The SMILES string of the molecule is CC(C)(C)C(=O)Nc1ncc2c(n1)CC(c1cccc(Cl)c1)CC2=O. The molecule has 0 aliphatic heterocycles. The molecule has 1 N–H and O–H groups in total. The Labute approximate surface area is 151 Å². The van der Waals surface area contributed by atoms with E-state index >= 15 is 0 Å². The van der Waals surface area contributed by atoms with Gasteiger partial charge in [0, 0.05) is 23.1 Å². The van der Waals surface area contributed by atoms with Gasteiger partial charge in [-0.3, -0.25) is 14.9 Å². The molecule has 1 aromatic heterocycles. The summed E-state index contributed by atoms with van der Waals surface area (Å²) in [6.07, 6.45) is 2.53. The molecule has 0 radical (unpaired) electrons. The van der Waals surface area contributed by atoms with Crippen molar-refractivity contribution in [1.82, 2.24) is 9.97 Å². The smallest absolute Gasteiger partial charge is 0.232 e. The third-order valence-corrected chi connectivity index (χ3v) is 4.50. The van der Waals surface area contributed by atoms with Crippen molar-refractivity contribution in [1.29, 1.82) is 0 Å². The van der Waals surface area contributed by atoms with Gasteiger partial charge in [-0.1, -0.05) is 44.5 Å². The summed E-state index contributed by atoms with van der Waals surface area (Å²) in [6, 6.07) is 7.55. The monoisotopic (exact) mass is 357 g/mol. The summed E-state index contributed by atoms with van der Waals surface area (Å²) in [7, 11) is 0. The van der Waals surface area contributed by atoms with Gasteiger partial charge >= 0.3 is 0 Å². The van der Waals surface area contributed by atoms with Crippen molar-refractivity contribution in [3.05, 3.63) is 52.3 Å². The van der Waals surface area contributed by atoms with Crippen LogP contribution in [-0.2, 0) is 11.2 Å². The van der Waals surface area contributed by atoms with Gasteiger partial charge in [0.15, 0.2) is 5.78 Å². The van der Waals surface area contributed by atoms with Crippen LogP contribution in [0.2, 0.25) is 5.02 Å². The molecular weight excluding hydrogens is 338 g/mol. The van der Waals surface area contributed by atoms with Crippen molar-refractivity contribution in [2.45, 2.75) is 39.5 Å². The number of hydrogen-bond acceptors (Lipinski definition) is 4. The number of hydrogen-bond donors (Lipinski definition) is 1. The number of carbonyl (C=O) groups excluding carboxylic acids is 2. The van der Waals surface area contributed by atoms with Crippen LogP contribution in [0.25, 0.3) is 0 Å². The molecule has 1 aliphatic rings. The molecule has 1 atom stereocenters. The average Bonchev–Trinajstić information content (AvgIpc) is 2.53. The van der Waals surface area contributed by atoms with E-state index in [1.807, 2.05) is 45.0 Å². The van der Waals surface area contributed by atoms with Crippen LogP contribution in [0.1, 0.15) is 54.7 Å². The highest BCUT2D eigenvalue weighted by molar-refractivity contribution is 6.30. The fourth-order valence-corrected chi connectivity index (χ4v) is 2.99. The highest BCUT2D eigenvalue weighted by atomic mass is 35.5. The van der Waals surface area contributed by atoms with Crippen LogP contribution in [-0.4, -0.2) is 21.7 Å². The van der Waals surface area contributed by atoms with Crippen molar-refractivity contribution in [2.24, 2.45) is 5.41 Å². The fraction of sp³-hybridized carbons (Fsp3) is 0.368. The summed E-state index contributed by atoms with van der Waals surface area (Å²) in [4.78, 5) is 33.1. The average molecular weight is 358 g/mol. The van der Waals surface area contributed by atoms with Gasteiger partial charge in [0.1, 0.15) is 0 Å². The zero-order chi connectivity index (χ0) is 18.2. The molecule has 2 aromatic rings. The van der Waals surface area contributed by atoms with Gasteiger partial charge in [0.25, 0.3) is 0 Å².